The lowest BCUT2D eigenvalue weighted by atomic mass is 10.2. The zero-order chi connectivity index (χ0) is 23.8. The first-order valence-corrected chi connectivity index (χ1v) is 12.3. The van der Waals surface area contributed by atoms with E-state index in [2.05, 4.69) is 26.5 Å². The fourth-order valence-corrected chi connectivity index (χ4v) is 4.62. The summed E-state index contributed by atoms with van der Waals surface area (Å²) in [5, 5.41) is 3.95. The van der Waals surface area contributed by atoms with Gasteiger partial charge < -0.3 is 4.74 Å². The summed E-state index contributed by atoms with van der Waals surface area (Å²) in [6.45, 7) is 1.53. The maximum absolute atomic E-state index is 13.3. The third-order valence-electron chi connectivity index (χ3n) is 4.75. The van der Waals surface area contributed by atoms with Crippen LogP contribution in [-0.4, -0.2) is 38.5 Å². The second kappa shape index (κ2) is 11.2. The van der Waals surface area contributed by atoms with Gasteiger partial charge in [-0.15, -0.1) is 0 Å². The number of sulfonamides is 1. The fraction of sp³-hybridized carbons (Fsp3) is 0.167. The number of hydrazone groups is 1. The fourth-order valence-electron chi connectivity index (χ4n) is 2.97. The number of ether oxygens (including phenoxy) is 1. The van der Waals surface area contributed by atoms with Gasteiger partial charge >= 0.3 is 0 Å². The molecule has 0 fully saturated rings. The Hall–Kier alpha value is -3.01. The normalized spacial score (nSPS) is 11.6. The van der Waals surface area contributed by atoms with E-state index in [4.69, 9.17) is 4.74 Å². The van der Waals surface area contributed by atoms with Gasteiger partial charge in [-0.3, -0.25) is 4.79 Å². The highest BCUT2D eigenvalue weighted by Crippen LogP contribution is 2.20. The summed E-state index contributed by atoms with van der Waals surface area (Å²) in [7, 11) is -2.35. The Kier molecular flexibility index (Phi) is 8.37. The first-order valence-electron chi connectivity index (χ1n) is 10.0. The first kappa shape index (κ1) is 24.6. The number of nitrogens with zero attached hydrogens (tertiary/aromatic N) is 2. The van der Waals surface area contributed by atoms with Gasteiger partial charge in [0.15, 0.2) is 0 Å². The Bertz CT molecular complexity index is 1230. The predicted molar refractivity (Wildman–Crippen MR) is 132 cm³/mol. The summed E-state index contributed by atoms with van der Waals surface area (Å²) in [5.74, 6) is 0.108. The molecule has 1 amide bonds. The molecule has 1 N–H and O–H groups in total. The highest BCUT2D eigenvalue weighted by atomic mass is 79.9. The minimum absolute atomic E-state index is 0.0382. The van der Waals surface area contributed by atoms with Crippen molar-refractivity contribution in [2.24, 2.45) is 5.10 Å². The summed E-state index contributed by atoms with van der Waals surface area (Å²) >= 11 is 3.37. The number of methoxy groups -OCH3 is 1. The molecule has 0 spiro atoms. The first-order chi connectivity index (χ1) is 15.8. The molecule has 0 saturated carbocycles. The number of amides is 1. The second-order valence-corrected chi connectivity index (χ2v) is 10.1. The molecule has 3 aromatic rings. The molecule has 3 aromatic carbocycles. The Balaban J connectivity index is 1.78. The molecule has 0 aromatic heterocycles. The van der Waals surface area contributed by atoms with E-state index >= 15 is 0 Å². The van der Waals surface area contributed by atoms with E-state index in [1.54, 1.807) is 55.6 Å². The quantitative estimate of drug-likeness (QED) is 0.333. The van der Waals surface area contributed by atoms with Crippen molar-refractivity contribution in [3.05, 3.63) is 94.0 Å². The van der Waals surface area contributed by atoms with Gasteiger partial charge in [-0.25, -0.2) is 13.8 Å². The van der Waals surface area contributed by atoms with E-state index in [1.807, 2.05) is 19.1 Å². The highest BCUT2D eigenvalue weighted by Gasteiger charge is 2.27. The van der Waals surface area contributed by atoms with Gasteiger partial charge in [0.1, 0.15) is 5.75 Å². The summed E-state index contributed by atoms with van der Waals surface area (Å²) in [6, 6.07) is 21.0. The SMILES string of the molecule is COc1cccc(/C=N\NC(=O)CN(Cc2ccc(Br)cc2)S(=O)(=O)c2ccc(C)cc2)c1. The molecule has 0 unspecified atom stereocenters. The largest absolute Gasteiger partial charge is 0.497 e. The van der Waals surface area contributed by atoms with Gasteiger partial charge in [0.2, 0.25) is 10.0 Å². The molecule has 9 heteroatoms. The number of carbonyl (C=O) groups excluding carboxylic acids is 1. The van der Waals surface area contributed by atoms with Crippen molar-refractivity contribution in [3.63, 3.8) is 0 Å². The number of nitrogens with one attached hydrogen (secondary N) is 1. The molecule has 7 nitrogen and oxygen atoms in total. The van der Waals surface area contributed by atoms with Crippen molar-refractivity contribution in [3.8, 4) is 5.75 Å². The number of aryl methyl sites for hydroxylation is 1. The van der Waals surface area contributed by atoms with E-state index in [9.17, 15) is 13.2 Å². The highest BCUT2D eigenvalue weighted by molar-refractivity contribution is 9.10. The van der Waals surface area contributed by atoms with Crippen molar-refractivity contribution in [2.75, 3.05) is 13.7 Å². The molecule has 0 saturated heterocycles. The van der Waals surface area contributed by atoms with Crippen LogP contribution in [0.3, 0.4) is 0 Å². The van der Waals surface area contributed by atoms with Crippen LogP contribution >= 0.6 is 15.9 Å². The molecule has 0 aliphatic rings. The van der Waals surface area contributed by atoms with Crippen LogP contribution in [0.1, 0.15) is 16.7 Å². The maximum atomic E-state index is 13.3. The molecular formula is C24H24BrN3O4S. The van der Waals surface area contributed by atoms with Crippen LogP contribution in [0, 0.1) is 6.92 Å². The van der Waals surface area contributed by atoms with Crippen LogP contribution in [0.25, 0.3) is 0 Å². The van der Waals surface area contributed by atoms with E-state index in [1.165, 1.54) is 18.3 Å². The summed E-state index contributed by atoms with van der Waals surface area (Å²) < 4.78 is 33.8. The average molecular weight is 530 g/mol. The van der Waals surface area contributed by atoms with Gasteiger partial charge in [-0.05, 0) is 54.4 Å². The van der Waals surface area contributed by atoms with Crippen molar-refractivity contribution in [1.82, 2.24) is 9.73 Å². The average Bonchev–Trinajstić information content (AvgIpc) is 2.80. The Morgan fingerprint density at radius 1 is 1.09 bits per heavy atom. The monoisotopic (exact) mass is 529 g/mol. The number of rotatable bonds is 9. The molecular weight excluding hydrogens is 506 g/mol. The minimum Gasteiger partial charge on any atom is -0.497 e. The number of benzene rings is 3. The topological polar surface area (TPSA) is 88.1 Å². The third-order valence-corrected chi connectivity index (χ3v) is 7.08. The number of halogens is 1. The second-order valence-electron chi connectivity index (χ2n) is 7.28. The molecule has 0 atom stereocenters. The van der Waals surface area contributed by atoms with Gasteiger partial charge in [-0.1, -0.05) is 57.9 Å². The molecule has 3 rings (SSSR count). The minimum atomic E-state index is -3.92. The molecule has 0 bridgehead atoms. The Morgan fingerprint density at radius 2 is 1.79 bits per heavy atom. The molecule has 0 heterocycles. The Morgan fingerprint density at radius 3 is 2.45 bits per heavy atom. The lowest BCUT2D eigenvalue weighted by Gasteiger charge is -2.21. The lowest BCUT2D eigenvalue weighted by molar-refractivity contribution is -0.121. The summed E-state index contributed by atoms with van der Waals surface area (Å²) in [6.07, 6.45) is 1.47. The molecule has 0 aliphatic carbocycles. The van der Waals surface area contributed by atoms with Crippen LogP contribution in [0.4, 0.5) is 0 Å². The number of hydrogen-bond donors (Lipinski definition) is 1. The van der Waals surface area contributed by atoms with Gasteiger partial charge in [0.05, 0.1) is 24.8 Å². The van der Waals surface area contributed by atoms with Crippen molar-refractivity contribution < 1.29 is 17.9 Å². The van der Waals surface area contributed by atoms with Crippen LogP contribution < -0.4 is 10.2 Å². The zero-order valence-electron chi connectivity index (χ0n) is 18.2. The summed E-state index contributed by atoms with van der Waals surface area (Å²) in [4.78, 5) is 12.7. The molecule has 33 heavy (non-hydrogen) atoms. The maximum Gasteiger partial charge on any atom is 0.255 e. The third kappa shape index (κ3) is 6.98. The smallest absolute Gasteiger partial charge is 0.255 e. The zero-order valence-corrected chi connectivity index (χ0v) is 20.6. The predicted octanol–water partition coefficient (Wildman–Crippen LogP) is 4.11. The number of carbonyl (C=O) groups is 1. The van der Waals surface area contributed by atoms with Crippen molar-refractivity contribution >= 4 is 38.1 Å². The van der Waals surface area contributed by atoms with E-state index in [-0.39, 0.29) is 18.0 Å². The van der Waals surface area contributed by atoms with E-state index in [0.717, 1.165) is 25.5 Å². The van der Waals surface area contributed by atoms with Gasteiger partial charge in [0, 0.05) is 11.0 Å². The van der Waals surface area contributed by atoms with Crippen molar-refractivity contribution in [1.29, 1.82) is 0 Å². The van der Waals surface area contributed by atoms with E-state index in [0.29, 0.717) is 5.75 Å². The van der Waals surface area contributed by atoms with Gasteiger partial charge in [-0.2, -0.15) is 9.41 Å². The van der Waals surface area contributed by atoms with Gasteiger partial charge in [0.25, 0.3) is 5.91 Å². The van der Waals surface area contributed by atoms with E-state index < -0.39 is 15.9 Å². The van der Waals surface area contributed by atoms with Crippen LogP contribution in [0.5, 0.6) is 5.75 Å². The molecule has 172 valence electrons. The van der Waals surface area contributed by atoms with Crippen LogP contribution in [0.2, 0.25) is 0 Å². The van der Waals surface area contributed by atoms with Crippen molar-refractivity contribution in [2.45, 2.75) is 18.4 Å². The Labute approximate surface area is 202 Å². The standard InChI is InChI=1S/C24H24BrN3O4S/c1-18-6-12-23(13-7-18)33(30,31)28(16-19-8-10-21(25)11-9-19)17-24(29)27-26-15-20-4-3-5-22(14-20)32-2/h3-15H,16-17H2,1-2H3,(H,27,29)/b26-15-. The van der Waals surface area contributed by atoms with Crippen LogP contribution in [0.15, 0.2) is 87.3 Å². The summed E-state index contributed by atoms with van der Waals surface area (Å²) in [5.41, 5.74) is 4.83. The number of hydrogen-bond acceptors (Lipinski definition) is 5. The molecule has 0 radical (unpaired) electrons. The van der Waals surface area contributed by atoms with Crippen LogP contribution in [-0.2, 0) is 21.4 Å². The molecule has 0 aliphatic heterocycles. The lowest BCUT2D eigenvalue weighted by Crippen LogP contribution is -2.39.